The highest BCUT2D eigenvalue weighted by Gasteiger charge is 2.40. The summed E-state index contributed by atoms with van der Waals surface area (Å²) in [5.41, 5.74) is 6.93. The van der Waals surface area contributed by atoms with Gasteiger partial charge in [-0.15, -0.1) is 0 Å². The van der Waals surface area contributed by atoms with E-state index in [9.17, 15) is 4.79 Å². The first-order valence-corrected chi connectivity index (χ1v) is 5.11. The third-order valence-corrected chi connectivity index (χ3v) is 2.82. The summed E-state index contributed by atoms with van der Waals surface area (Å²) >= 11 is 0. The molecular weight excluding hydrogens is 192 g/mol. The Kier molecular flexibility index (Phi) is 1.65. The number of carbonyl (C=O) groups excluding carboxylic acids is 1. The van der Waals surface area contributed by atoms with Gasteiger partial charge in [0.05, 0.1) is 5.69 Å². The van der Waals surface area contributed by atoms with Gasteiger partial charge in [0.2, 0.25) is 0 Å². The zero-order valence-corrected chi connectivity index (χ0v) is 8.19. The smallest absolute Gasteiger partial charge is 0.265 e. The highest BCUT2D eigenvalue weighted by atomic mass is 16.5. The van der Waals surface area contributed by atoms with Crippen LogP contribution in [0.25, 0.3) is 0 Å². The SMILES string of the molecule is Nc1ccc2c(c1)NC(=O)C(C1CC1)O2. The van der Waals surface area contributed by atoms with Gasteiger partial charge in [-0.3, -0.25) is 4.79 Å². The van der Waals surface area contributed by atoms with Crippen molar-refractivity contribution in [2.24, 2.45) is 5.92 Å². The molecule has 3 N–H and O–H groups in total. The Morgan fingerprint density at radius 1 is 1.40 bits per heavy atom. The van der Waals surface area contributed by atoms with Crippen molar-refractivity contribution in [3.63, 3.8) is 0 Å². The molecule has 15 heavy (non-hydrogen) atoms. The number of ether oxygens (including phenoxy) is 1. The summed E-state index contributed by atoms with van der Waals surface area (Å²) in [5, 5.41) is 2.83. The summed E-state index contributed by atoms with van der Waals surface area (Å²) in [5.74, 6) is 1.08. The minimum absolute atomic E-state index is 0.0457. The van der Waals surface area contributed by atoms with Gasteiger partial charge in [-0.25, -0.2) is 0 Å². The van der Waals surface area contributed by atoms with E-state index in [1.165, 1.54) is 0 Å². The molecular formula is C11H12N2O2. The fourth-order valence-electron chi connectivity index (χ4n) is 1.85. The zero-order valence-electron chi connectivity index (χ0n) is 8.19. The van der Waals surface area contributed by atoms with Gasteiger partial charge in [0, 0.05) is 11.6 Å². The highest BCUT2D eigenvalue weighted by Crippen LogP contribution is 2.40. The van der Waals surface area contributed by atoms with E-state index in [-0.39, 0.29) is 12.0 Å². The monoisotopic (exact) mass is 204 g/mol. The third-order valence-electron chi connectivity index (χ3n) is 2.82. The van der Waals surface area contributed by atoms with Crippen LogP contribution in [-0.2, 0) is 4.79 Å². The topological polar surface area (TPSA) is 64.3 Å². The predicted octanol–water partition coefficient (Wildman–Crippen LogP) is 1.38. The minimum Gasteiger partial charge on any atom is -0.478 e. The lowest BCUT2D eigenvalue weighted by Gasteiger charge is -2.25. The Labute approximate surface area is 87.4 Å². The van der Waals surface area contributed by atoms with Crippen molar-refractivity contribution >= 4 is 17.3 Å². The van der Waals surface area contributed by atoms with Gasteiger partial charge in [-0.2, -0.15) is 0 Å². The molecule has 3 rings (SSSR count). The Bertz CT molecular complexity index is 427. The average Bonchev–Trinajstić information content (AvgIpc) is 3.00. The molecule has 78 valence electrons. The van der Waals surface area contributed by atoms with Gasteiger partial charge in [-0.05, 0) is 31.0 Å². The molecule has 2 aliphatic rings. The Hall–Kier alpha value is -1.71. The van der Waals surface area contributed by atoms with Gasteiger partial charge < -0.3 is 15.8 Å². The summed E-state index contributed by atoms with van der Waals surface area (Å²) in [7, 11) is 0. The van der Waals surface area contributed by atoms with Crippen molar-refractivity contribution in [3.05, 3.63) is 18.2 Å². The van der Waals surface area contributed by atoms with Crippen molar-refractivity contribution in [1.82, 2.24) is 0 Å². The molecule has 1 saturated carbocycles. The molecule has 1 unspecified atom stereocenters. The number of anilines is 2. The molecule has 1 aliphatic carbocycles. The molecule has 0 radical (unpaired) electrons. The number of nitrogens with one attached hydrogen (secondary N) is 1. The van der Waals surface area contributed by atoms with E-state index < -0.39 is 0 Å². The minimum atomic E-state index is -0.305. The molecule has 1 aromatic rings. The Balaban J connectivity index is 1.94. The largest absolute Gasteiger partial charge is 0.478 e. The summed E-state index contributed by atoms with van der Waals surface area (Å²) < 4.78 is 5.66. The molecule has 0 aromatic heterocycles. The van der Waals surface area contributed by atoms with E-state index in [0.717, 1.165) is 18.6 Å². The molecule has 1 amide bonds. The number of fused-ring (bicyclic) bond motifs is 1. The summed E-state index contributed by atoms with van der Waals surface area (Å²) in [6.45, 7) is 0. The molecule has 1 aromatic carbocycles. The van der Waals surface area contributed by atoms with E-state index in [0.29, 0.717) is 17.3 Å². The molecule has 0 saturated heterocycles. The fourth-order valence-corrected chi connectivity index (χ4v) is 1.85. The molecule has 4 nitrogen and oxygen atoms in total. The first-order valence-electron chi connectivity index (χ1n) is 5.11. The normalized spacial score (nSPS) is 24.0. The number of benzene rings is 1. The molecule has 0 bridgehead atoms. The summed E-state index contributed by atoms with van der Waals surface area (Å²) in [4.78, 5) is 11.7. The van der Waals surface area contributed by atoms with Crippen LogP contribution in [0, 0.1) is 5.92 Å². The summed E-state index contributed by atoms with van der Waals surface area (Å²) in [6.07, 6.45) is 1.87. The molecule has 1 atom stereocenters. The number of carbonyl (C=O) groups is 1. The second-order valence-electron chi connectivity index (χ2n) is 4.12. The van der Waals surface area contributed by atoms with Gasteiger partial charge in [-0.1, -0.05) is 0 Å². The predicted molar refractivity (Wildman–Crippen MR) is 56.6 cm³/mol. The maximum absolute atomic E-state index is 11.7. The van der Waals surface area contributed by atoms with Crippen molar-refractivity contribution in [2.45, 2.75) is 18.9 Å². The van der Waals surface area contributed by atoms with Gasteiger partial charge in [0.1, 0.15) is 5.75 Å². The van der Waals surface area contributed by atoms with Crippen molar-refractivity contribution < 1.29 is 9.53 Å². The highest BCUT2D eigenvalue weighted by molar-refractivity contribution is 5.98. The van der Waals surface area contributed by atoms with E-state index in [1.54, 1.807) is 18.2 Å². The number of hydrogen-bond acceptors (Lipinski definition) is 3. The molecule has 1 fully saturated rings. The van der Waals surface area contributed by atoms with Crippen molar-refractivity contribution in [3.8, 4) is 5.75 Å². The molecule has 1 heterocycles. The van der Waals surface area contributed by atoms with Crippen LogP contribution >= 0.6 is 0 Å². The Morgan fingerprint density at radius 3 is 2.93 bits per heavy atom. The lowest BCUT2D eigenvalue weighted by Crippen LogP contribution is -2.38. The number of rotatable bonds is 1. The van der Waals surface area contributed by atoms with Crippen LogP contribution in [0.5, 0.6) is 5.75 Å². The molecule has 0 spiro atoms. The van der Waals surface area contributed by atoms with Crippen LogP contribution in [0.1, 0.15) is 12.8 Å². The number of nitrogens with two attached hydrogens (primary N) is 1. The van der Waals surface area contributed by atoms with E-state index in [1.807, 2.05) is 0 Å². The first kappa shape index (κ1) is 8.59. The fraction of sp³-hybridized carbons (Fsp3) is 0.364. The lowest BCUT2D eigenvalue weighted by atomic mass is 10.1. The molecule has 1 aliphatic heterocycles. The zero-order chi connectivity index (χ0) is 10.4. The average molecular weight is 204 g/mol. The van der Waals surface area contributed by atoms with E-state index in [2.05, 4.69) is 5.32 Å². The van der Waals surface area contributed by atoms with Gasteiger partial charge in [0.15, 0.2) is 6.10 Å². The van der Waals surface area contributed by atoms with Crippen LogP contribution in [0.15, 0.2) is 18.2 Å². The van der Waals surface area contributed by atoms with Crippen molar-refractivity contribution in [2.75, 3.05) is 11.1 Å². The van der Waals surface area contributed by atoms with Gasteiger partial charge in [0.25, 0.3) is 5.91 Å². The lowest BCUT2D eigenvalue weighted by molar-refractivity contribution is -0.124. The number of amides is 1. The van der Waals surface area contributed by atoms with Crippen LogP contribution in [-0.4, -0.2) is 12.0 Å². The van der Waals surface area contributed by atoms with Crippen LogP contribution in [0.2, 0.25) is 0 Å². The van der Waals surface area contributed by atoms with Crippen LogP contribution in [0.3, 0.4) is 0 Å². The third kappa shape index (κ3) is 1.42. The second-order valence-corrected chi connectivity index (χ2v) is 4.12. The Morgan fingerprint density at radius 2 is 2.20 bits per heavy atom. The van der Waals surface area contributed by atoms with Crippen molar-refractivity contribution in [1.29, 1.82) is 0 Å². The molecule has 4 heteroatoms. The maximum atomic E-state index is 11.7. The second kappa shape index (κ2) is 2.89. The van der Waals surface area contributed by atoms with E-state index >= 15 is 0 Å². The standard InChI is InChI=1S/C11H12N2O2/c12-7-3-4-9-8(5-7)13-11(14)10(15-9)6-1-2-6/h3-6,10H,1-2,12H2,(H,13,14). The van der Waals surface area contributed by atoms with Gasteiger partial charge >= 0.3 is 0 Å². The summed E-state index contributed by atoms with van der Waals surface area (Å²) in [6, 6.07) is 5.30. The maximum Gasteiger partial charge on any atom is 0.265 e. The first-order chi connectivity index (χ1) is 7.24. The quantitative estimate of drug-likeness (QED) is 0.679. The van der Waals surface area contributed by atoms with Crippen LogP contribution < -0.4 is 15.8 Å². The number of hydrogen-bond donors (Lipinski definition) is 2. The van der Waals surface area contributed by atoms with Crippen LogP contribution in [0.4, 0.5) is 11.4 Å². The van der Waals surface area contributed by atoms with E-state index in [4.69, 9.17) is 10.5 Å². The number of nitrogen functional groups attached to an aromatic ring is 1.